The number of carbonyl (C=O) groups excluding carboxylic acids is 2. The summed E-state index contributed by atoms with van der Waals surface area (Å²) in [7, 11) is 1.69. The maximum absolute atomic E-state index is 12.2. The summed E-state index contributed by atoms with van der Waals surface area (Å²) in [5.41, 5.74) is 1.33. The van der Waals surface area contributed by atoms with Crippen LogP contribution in [-0.4, -0.2) is 33.9 Å². The second kappa shape index (κ2) is 6.71. The Kier molecular flexibility index (Phi) is 4.23. The minimum atomic E-state index is -0.390. The van der Waals surface area contributed by atoms with Crippen molar-refractivity contribution in [3.8, 4) is 11.6 Å². The third-order valence-corrected chi connectivity index (χ3v) is 4.79. The Hall–Kier alpha value is -3.42. The number of hydrogen-bond acceptors (Lipinski definition) is 6. The molecule has 4 rings (SSSR count). The Bertz CT molecular complexity index is 998. The second-order valence-electron chi connectivity index (χ2n) is 6.35. The van der Waals surface area contributed by atoms with Gasteiger partial charge in [0.1, 0.15) is 17.5 Å². The van der Waals surface area contributed by atoms with Crippen molar-refractivity contribution in [3.05, 3.63) is 48.5 Å². The van der Waals surface area contributed by atoms with Gasteiger partial charge in [-0.05, 0) is 30.2 Å². The lowest BCUT2D eigenvalue weighted by Crippen LogP contribution is -2.54. The molecule has 1 aliphatic rings. The molecule has 0 spiro atoms. The van der Waals surface area contributed by atoms with Gasteiger partial charge in [0, 0.05) is 7.05 Å². The number of carbonyl (C=O) groups is 2. The van der Waals surface area contributed by atoms with Crippen molar-refractivity contribution in [2.24, 2.45) is 5.92 Å². The molecule has 1 aromatic carbocycles. The molecule has 1 saturated heterocycles. The van der Waals surface area contributed by atoms with Crippen LogP contribution in [-0.2, 0) is 4.79 Å². The van der Waals surface area contributed by atoms with Gasteiger partial charge in [-0.2, -0.15) is 0 Å². The molecule has 1 fully saturated rings. The van der Waals surface area contributed by atoms with Crippen molar-refractivity contribution in [2.75, 3.05) is 7.05 Å². The fraction of sp³-hybridized carbons (Fsp3) is 0.263. The fourth-order valence-corrected chi connectivity index (χ4v) is 3.38. The molecule has 2 unspecified atom stereocenters. The molecule has 0 saturated carbocycles. The monoisotopic (exact) mass is 366 g/mol. The molecule has 2 aromatic heterocycles. The quantitative estimate of drug-likeness (QED) is 0.761. The number of furan rings is 1. The number of benzene rings is 1. The van der Waals surface area contributed by atoms with E-state index < -0.39 is 6.03 Å². The van der Waals surface area contributed by atoms with E-state index in [2.05, 4.69) is 15.3 Å². The predicted octanol–water partition coefficient (Wildman–Crippen LogP) is 3.26. The van der Waals surface area contributed by atoms with Crippen LogP contribution in [0.3, 0.4) is 0 Å². The highest BCUT2D eigenvalue weighted by molar-refractivity contribution is 5.98. The molecule has 1 aliphatic heterocycles. The summed E-state index contributed by atoms with van der Waals surface area (Å²) in [5.74, 6) is 0.445. The summed E-state index contributed by atoms with van der Waals surface area (Å²) in [6.45, 7) is 1.93. The molecule has 27 heavy (non-hydrogen) atoms. The van der Waals surface area contributed by atoms with E-state index in [-0.39, 0.29) is 17.9 Å². The SMILES string of the molecule is CCC1C(=O)NC(=O)N(C)C1c1ccc(Oc2ncnc3occc23)cc1. The van der Waals surface area contributed by atoms with Crippen molar-refractivity contribution >= 4 is 23.0 Å². The third kappa shape index (κ3) is 2.99. The van der Waals surface area contributed by atoms with E-state index in [1.165, 1.54) is 12.6 Å². The van der Waals surface area contributed by atoms with E-state index in [4.69, 9.17) is 9.15 Å². The second-order valence-corrected chi connectivity index (χ2v) is 6.35. The summed E-state index contributed by atoms with van der Waals surface area (Å²) in [4.78, 5) is 33.9. The number of aromatic nitrogens is 2. The summed E-state index contributed by atoms with van der Waals surface area (Å²) < 4.78 is 11.1. The molecular weight excluding hydrogens is 348 g/mol. The van der Waals surface area contributed by atoms with Gasteiger partial charge in [-0.15, -0.1) is 0 Å². The first-order valence-corrected chi connectivity index (χ1v) is 8.62. The normalized spacial score (nSPS) is 20.0. The summed E-state index contributed by atoms with van der Waals surface area (Å²) in [6, 6.07) is 8.34. The number of nitrogens with one attached hydrogen (secondary N) is 1. The number of nitrogens with zero attached hydrogens (tertiary/aromatic N) is 3. The Morgan fingerprint density at radius 3 is 2.70 bits per heavy atom. The summed E-state index contributed by atoms with van der Waals surface area (Å²) in [5, 5.41) is 3.07. The molecule has 3 heterocycles. The zero-order valence-electron chi connectivity index (χ0n) is 14.9. The number of imide groups is 1. The number of ether oxygens (including phenoxy) is 1. The molecule has 3 aromatic rings. The standard InChI is InChI=1S/C19H18N4O4/c1-3-13-15(23(2)19(25)22-16(13)24)11-4-6-12(7-5-11)27-18-14-8-9-26-17(14)20-10-21-18/h4-10,13,15H,3H2,1-2H3,(H,22,24,25). The fourth-order valence-electron chi connectivity index (χ4n) is 3.38. The van der Waals surface area contributed by atoms with Crippen LogP contribution in [0.5, 0.6) is 11.6 Å². The molecule has 1 N–H and O–H groups in total. The zero-order valence-corrected chi connectivity index (χ0v) is 14.9. The van der Waals surface area contributed by atoms with Crippen LogP contribution in [0.15, 0.2) is 47.3 Å². The van der Waals surface area contributed by atoms with E-state index >= 15 is 0 Å². The zero-order chi connectivity index (χ0) is 19.0. The number of rotatable bonds is 4. The van der Waals surface area contributed by atoms with E-state index in [9.17, 15) is 9.59 Å². The maximum atomic E-state index is 12.2. The Morgan fingerprint density at radius 1 is 1.19 bits per heavy atom. The molecule has 3 amide bonds. The lowest BCUT2D eigenvalue weighted by atomic mass is 9.87. The van der Waals surface area contributed by atoms with Gasteiger partial charge >= 0.3 is 6.03 Å². The first-order chi connectivity index (χ1) is 13.1. The molecule has 2 atom stereocenters. The van der Waals surface area contributed by atoms with Crippen LogP contribution in [0.25, 0.3) is 11.1 Å². The van der Waals surface area contributed by atoms with Crippen LogP contribution >= 0.6 is 0 Å². The van der Waals surface area contributed by atoms with E-state index in [1.807, 2.05) is 19.1 Å². The highest BCUT2D eigenvalue weighted by Gasteiger charge is 2.39. The van der Waals surface area contributed by atoms with Crippen LogP contribution < -0.4 is 10.1 Å². The molecule has 138 valence electrons. The van der Waals surface area contributed by atoms with Crippen molar-refractivity contribution < 1.29 is 18.7 Å². The highest BCUT2D eigenvalue weighted by Crippen LogP contribution is 2.34. The molecule has 0 radical (unpaired) electrons. The van der Waals surface area contributed by atoms with E-state index in [1.54, 1.807) is 30.1 Å². The first-order valence-electron chi connectivity index (χ1n) is 8.62. The van der Waals surface area contributed by atoms with Crippen LogP contribution in [0, 0.1) is 5.92 Å². The predicted molar refractivity (Wildman–Crippen MR) is 96.1 cm³/mol. The average molecular weight is 366 g/mol. The summed E-state index contributed by atoms with van der Waals surface area (Å²) >= 11 is 0. The van der Waals surface area contributed by atoms with Gasteiger partial charge in [0.25, 0.3) is 0 Å². The average Bonchev–Trinajstić information content (AvgIpc) is 3.15. The van der Waals surface area contributed by atoms with Gasteiger partial charge < -0.3 is 14.1 Å². The van der Waals surface area contributed by atoms with Crippen LogP contribution in [0.4, 0.5) is 4.79 Å². The molecule has 0 aliphatic carbocycles. The lowest BCUT2D eigenvalue weighted by molar-refractivity contribution is -0.128. The topological polar surface area (TPSA) is 97.6 Å². The van der Waals surface area contributed by atoms with Gasteiger partial charge in [-0.1, -0.05) is 19.1 Å². The summed E-state index contributed by atoms with van der Waals surface area (Å²) in [6.07, 6.45) is 3.54. The largest absolute Gasteiger partial charge is 0.446 e. The van der Waals surface area contributed by atoms with Gasteiger partial charge in [0.15, 0.2) is 0 Å². The van der Waals surface area contributed by atoms with Crippen molar-refractivity contribution in [1.82, 2.24) is 20.2 Å². The minimum Gasteiger partial charge on any atom is -0.446 e. The van der Waals surface area contributed by atoms with Gasteiger partial charge in [0.05, 0.1) is 18.2 Å². The van der Waals surface area contributed by atoms with Crippen molar-refractivity contribution in [2.45, 2.75) is 19.4 Å². The number of amides is 3. The van der Waals surface area contributed by atoms with Gasteiger partial charge in [-0.3, -0.25) is 10.1 Å². The van der Waals surface area contributed by atoms with E-state index in [0.29, 0.717) is 29.2 Å². The molecule has 8 heteroatoms. The Morgan fingerprint density at radius 2 is 1.96 bits per heavy atom. The lowest BCUT2D eigenvalue weighted by Gasteiger charge is -2.38. The molecule has 8 nitrogen and oxygen atoms in total. The smallest absolute Gasteiger partial charge is 0.324 e. The Labute approximate surface area is 155 Å². The first kappa shape index (κ1) is 17.0. The van der Waals surface area contributed by atoms with Crippen molar-refractivity contribution in [1.29, 1.82) is 0 Å². The molecule has 0 bridgehead atoms. The third-order valence-electron chi connectivity index (χ3n) is 4.79. The van der Waals surface area contributed by atoms with Crippen molar-refractivity contribution in [3.63, 3.8) is 0 Å². The number of fused-ring (bicyclic) bond motifs is 1. The maximum Gasteiger partial charge on any atom is 0.324 e. The van der Waals surface area contributed by atoms with Gasteiger partial charge in [0.2, 0.25) is 17.5 Å². The number of hydrogen-bond donors (Lipinski definition) is 1. The van der Waals surface area contributed by atoms with Gasteiger partial charge in [-0.25, -0.2) is 14.8 Å². The minimum absolute atomic E-state index is 0.241. The van der Waals surface area contributed by atoms with Crippen LogP contribution in [0.1, 0.15) is 24.9 Å². The van der Waals surface area contributed by atoms with Crippen LogP contribution in [0.2, 0.25) is 0 Å². The Balaban J connectivity index is 1.60. The van der Waals surface area contributed by atoms with E-state index in [0.717, 1.165) is 5.56 Å². The highest BCUT2D eigenvalue weighted by atomic mass is 16.5. The number of urea groups is 1. The molecular formula is C19H18N4O4.